The molecule has 1 aliphatic heterocycles. The molecule has 2 aromatic rings. The Morgan fingerprint density at radius 2 is 2.27 bits per heavy atom. The predicted molar refractivity (Wildman–Crippen MR) is 93.8 cm³/mol. The maximum Gasteiger partial charge on any atom is 0.318 e. The summed E-state index contributed by atoms with van der Waals surface area (Å²) in [5.74, 6) is 0. The Bertz CT molecular complexity index is 620. The normalized spacial score (nSPS) is 18.8. The SMILES string of the molecule is CCC1c2ccsc2CCN1C(=O)NC(C)Cc1cccs1. The molecule has 2 unspecified atom stereocenters. The monoisotopic (exact) mass is 334 g/mol. The lowest BCUT2D eigenvalue weighted by molar-refractivity contribution is 0.165. The van der Waals surface area contributed by atoms with Crippen LogP contribution in [0.1, 0.15) is 41.6 Å². The molecular weight excluding hydrogens is 312 g/mol. The van der Waals surface area contributed by atoms with Crippen molar-refractivity contribution in [2.45, 2.75) is 45.2 Å². The molecule has 22 heavy (non-hydrogen) atoms. The first-order valence-electron chi connectivity index (χ1n) is 7.84. The molecule has 0 fully saturated rings. The van der Waals surface area contributed by atoms with Gasteiger partial charge in [-0.15, -0.1) is 22.7 Å². The van der Waals surface area contributed by atoms with Crippen molar-refractivity contribution >= 4 is 28.7 Å². The molecule has 0 bridgehead atoms. The summed E-state index contributed by atoms with van der Waals surface area (Å²) in [7, 11) is 0. The van der Waals surface area contributed by atoms with Gasteiger partial charge < -0.3 is 10.2 Å². The van der Waals surface area contributed by atoms with E-state index in [4.69, 9.17) is 0 Å². The second kappa shape index (κ2) is 6.84. The molecule has 3 rings (SSSR count). The average Bonchev–Trinajstić information content (AvgIpc) is 3.16. The Kier molecular flexibility index (Phi) is 4.84. The Hall–Kier alpha value is -1.33. The second-order valence-corrected chi connectivity index (χ2v) is 7.83. The molecule has 1 aliphatic rings. The van der Waals surface area contributed by atoms with Gasteiger partial charge in [0.15, 0.2) is 0 Å². The summed E-state index contributed by atoms with van der Waals surface area (Å²) >= 11 is 3.57. The summed E-state index contributed by atoms with van der Waals surface area (Å²) in [6.45, 7) is 5.06. The molecular formula is C17H22N2OS2. The Morgan fingerprint density at radius 3 is 3.00 bits per heavy atom. The molecule has 0 saturated carbocycles. The summed E-state index contributed by atoms with van der Waals surface area (Å²) in [6.07, 6.45) is 2.85. The van der Waals surface area contributed by atoms with Gasteiger partial charge in [0, 0.05) is 28.8 Å². The molecule has 0 radical (unpaired) electrons. The minimum atomic E-state index is 0.0766. The second-order valence-electron chi connectivity index (χ2n) is 5.80. The van der Waals surface area contributed by atoms with Crippen molar-refractivity contribution in [2.75, 3.05) is 6.54 Å². The van der Waals surface area contributed by atoms with E-state index in [-0.39, 0.29) is 18.1 Å². The quantitative estimate of drug-likeness (QED) is 0.879. The van der Waals surface area contributed by atoms with Crippen molar-refractivity contribution in [1.82, 2.24) is 10.2 Å². The van der Waals surface area contributed by atoms with Crippen LogP contribution in [0.2, 0.25) is 0 Å². The smallest absolute Gasteiger partial charge is 0.318 e. The lowest BCUT2D eigenvalue weighted by Crippen LogP contribution is -2.48. The number of thiophene rings is 2. The molecule has 3 heterocycles. The highest BCUT2D eigenvalue weighted by atomic mass is 32.1. The number of hydrogen-bond donors (Lipinski definition) is 1. The van der Waals surface area contributed by atoms with E-state index in [1.165, 1.54) is 15.3 Å². The van der Waals surface area contributed by atoms with E-state index in [0.29, 0.717) is 0 Å². The summed E-state index contributed by atoms with van der Waals surface area (Å²) < 4.78 is 0. The van der Waals surface area contributed by atoms with Crippen LogP contribution in [0.25, 0.3) is 0 Å². The lowest BCUT2D eigenvalue weighted by atomic mass is 9.98. The van der Waals surface area contributed by atoms with E-state index in [1.807, 2.05) is 16.2 Å². The molecule has 2 amide bonds. The van der Waals surface area contributed by atoms with E-state index in [0.717, 1.165) is 25.8 Å². The van der Waals surface area contributed by atoms with Crippen molar-refractivity contribution in [1.29, 1.82) is 0 Å². The minimum absolute atomic E-state index is 0.0766. The van der Waals surface area contributed by atoms with Crippen LogP contribution >= 0.6 is 22.7 Å². The van der Waals surface area contributed by atoms with Crippen LogP contribution in [-0.2, 0) is 12.8 Å². The van der Waals surface area contributed by atoms with E-state index in [2.05, 4.69) is 48.1 Å². The standard InChI is InChI=1S/C17H22N2OS2/c1-3-15-14-7-10-22-16(14)6-8-19(15)17(20)18-12(2)11-13-5-4-9-21-13/h4-5,7,9-10,12,15H,3,6,8,11H2,1-2H3,(H,18,20). The van der Waals surface area contributed by atoms with Gasteiger partial charge in [-0.25, -0.2) is 4.79 Å². The van der Waals surface area contributed by atoms with Gasteiger partial charge in [0.25, 0.3) is 0 Å². The minimum Gasteiger partial charge on any atom is -0.335 e. The summed E-state index contributed by atoms with van der Waals surface area (Å²) in [6, 6.07) is 6.83. The first-order chi connectivity index (χ1) is 10.7. The predicted octanol–water partition coefficient (Wildman–Crippen LogP) is 4.46. The van der Waals surface area contributed by atoms with E-state index in [9.17, 15) is 4.79 Å². The highest BCUT2D eigenvalue weighted by molar-refractivity contribution is 7.10. The zero-order chi connectivity index (χ0) is 15.5. The van der Waals surface area contributed by atoms with Gasteiger partial charge in [-0.3, -0.25) is 0 Å². The number of amides is 2. The maximum absolute atomic E-state index is 12.7. The molecule has 118 valence electrons. The fraction of sp³-hybridized carbons (Fsp3) is 0.471. The number of nitrogens with zero attached hydrogens (tertiary/aromatic N) is 1. The van der Waals surface area contributed by atoms with Gasteiger partial charge in [-0.2, -0.15) is 0 Å². The maximum atomic E-state index is 12.7. The molecule has 2 atom stereocenters. The fourth-order valence-corrected chi connectivity index (χ4v) is 4.92. The largest absolute Gasteiger partial charge is 0.335 e. The van der Waals surface area contributed by atoms with Crippen LogP contribution in [0.5, 0.6) is 0 Å². The van der Waals surface area contributed by atoms with Gasteiger partial charge in [-0.1, -0.05) is 13.0 Å². The fourth-order valence-electron chi connectivity index (χ4n) is 3.15. The third-order valence-electron chi connectivity index (χ3n) is 4.20. The number of hydrogen-bond acceptors (Lipinski definition) is 3. The first kappa shape index (κ1) is 15.6. The zero-order valence-corrected chi connectivity index (χ0v) is 14.7. The Balaban J connectivity index is 1.64. The van der Waals surface area contributed by atoms with Crippen LogP contribution in [-0.4, -0.2) is 23.5 Å². The third kappa shape index (κ3) is 3.20. The average molecular weight is 335 g/mol. The summed E-state index contributed by atoms with van der Waals surface area (Å²) in [5.41, 5.74) is 1.35. The summed E-state index contributed by atoms with van der Waals surface area (Å²) in [4.78, 5) is 17.4. The highest BCUT2D eigenvalue weighted by Gasteiger charge is 2.30. The van der Waals surface area contributed by atoms with Crippen LogP contribution in [0.4, 0.5) is 4.79 Å². The van der Waals surface area contributed by atoms with Gasteiger partial charge in [-0.05, 0) is 48.2 Å². The van der Waals surface area contributed by atoms with Crippen LogP contribution < -0.4 is 5.32 Å². The van der Waals surface area contributed by atoms with Crippen LogP contribution in [0.15, 0.2) is 29.0 Å². The Morgan fingerprint density at radius 1 is 1.41 bits per heavy atom. The van der Waals surface area contributed by atoms with Crippen molar-refractivity contribution in [3.63, 3.8) is 0 Å². The highest BCUT2D eigenvalue weighted by Crippen LogP contribution is 2.35. The van der Waals surface area contributed by atoms with E-state index < -0.39 is 0 Å². The molecule has 5 heteroatoms. The topological polar surface area (TPSA) is 32.3 Å². The molecule has 3 nitrogen and oxygen atoms in total. The van der Waals surface area contributed by atoms with Gasteiger partial charge >= 0.3 is 6.03 Å². The third-order valence-corrected chi connectivity index (χ3v) is 6.09. The van der Waals surface area contributed by atoms with E-state index >= 15 is 0 Å². The van der Waals surface area contributed by atoms with Crippen LogP contribution in [0, 0.1) is 0 Å². The molecule has 0 saturated heterocycles. The van der Waals surface area contributed by atoms with Crippen LogP contribution in [0.3, 0.4) is 0 Å². The van der Waals surface area contributed by atoms with Crippen molar-refractivity contribution < 1.29 is 4.79 Å². The molecule has 0 aromatic carbocycles. The number of rotatable bonds is 4. The molecule has 2 aromatic heterocycles. The lowest BCUT2D eigenvalue weighted by Gasteiger charge is -2.36. The first-order valence-corrected chi connectivity index (χ1v) is 9.60. The molecule has 1 N–H and O–H groups in total. The Labute approximate surface area is 140 Å². The number of nitrogens with one attached hydrogen (secondary N) is 1. The van der Waals surface area contributed by atoms with Gasteiger partial charge in [0.2, 0.25) is 0 Å². The van der Waals surface area contributed by atoms with Gasteiger partial charge in [0.1, 0.15) is 0 Å². The number of urea groups is 1. The van der Waals surface area contributed by atoms with E-state index in [1.54, 1.807) is 11.3 Å². The van der Waals surface area contributed by atoms with Gasteiger partial charge in [0.05, 0.1) is 6.04 Å². The number of fused-ring (bicyclic) bond motifs is 1. The molecule has 0 aliphatic carbocycles. The summed E-state index contributed by atoms with van der Waals surface area (Å²) in [5, 5.41) is 7.40. The zero-order valence-electron chi connectivity index (χ0n) is 13.0. The van der Waals surface area contributed by atoms with Crippen molar-refractivity contribution in [2.24, 2.45) is 0 Å². The van der Waals surface area contributed by atoms with Crippen molar-refractivity contribution in [3.8, 4) is 0 Å². The number of carbonyl (C=O) groups excluding carboxylic acids is 1. The molecule has 0 spiro atoms. The van der Waals surface area contributed by atoms with Crippen molar-refractivity contribution in [3.05, 3.63) is 44.3 Å². The number of carbonyl (C=O) groups is 1.